The fraction of sp³-hybridized carbons (Fsp3) is 0.714. The fourth-order valence-corrected chi connectivity index (χ4v) is 2.46. The lowest BCUT2D eigenvalue weighted by Crippen LogP contribution is -2.33. The Morgan fingerprint density at radius 3 is 2.78 bits per heavy atom. The number of hydrogen-bond acceptors (Lipinski definition) is 4. The van der Waals surface area contributed by atoms with Crippen LogP contribution in [0.2, 0.25) is 0 Å². The van der Waals surface area contributed by atoms with E-state index in [1.54, 1.807) is 0 Å². The predicted molar refractivity (Wildman–Crippen MR) is 74.8 cm³/mol. The molecule has 1 aromatic heterocycles. The van der Waals surface area contributed by atoms with Gasteiger partial charge in [-0.05, 0) is 33.7 Å². The second-order valence-corrected chi connectivity index (χ2v) is 5.38. The molecule has 4 nitrogen and oxygen atoms in total. The molecule has 2 heterocycles. The number of nitrogens with one attached hydrogen (secondary N) is 1. The Balaban J connectivity index is 2.20. The van der Waals surface area contributed by atoms with Gasteiger partial charge in [-0.15, -0.1) is 0 Å². The highest BCUT2D eigenvalue weighted by Crippen LogP contribution is 2.21. The summed E-state index contributed by atoms with van der Waals surface area (Å²) in [4.78, 5) is 11.7. The highest BCUT2D eigenvalue weighted by Gasteiger charge is 2.20. The maximum atomic E-state index is 4.66. The molecule has 1 aliphatic rings. The highest BCUT2D eigenvalue weighted by atomic mass is 15.2. The summed E-state index contributed by atoms with van der Waals surface area (Å²) in [6, 6.07) is 0.377. The van der Waals surface area contributed by atoms with E-state index in [2.05, 4.69) is 47.9 Å². The van der Waals surface area contributed by atoms with E-state index in [0.29, 0.717) is 6.04 Å². The zero-order chi connectivity index (χ0) is 13.1. The predicted octanol–water partition coefficient (Wildman–Crippen LogP) is 2.37. The molecule has 0 atom stereocenters. The highest BCUT2D eigenvalue weighted by molar-refractivity contribution is 5.36. The van der Waals surface area contributed by atoms with Crippen molar-refractivity contribution < 1.29 is 0 Å². The minimum Gasteiger partial charge on any atom is -0.352 e. The normalized spacial score (nSPS) is 15.8. The van der Waals surface area contributed by atoms with Gasteiger partial charge >= 0.3 is 0 Å². The zero-order valence-electron chi connectivity index (χ0n) is 12.0. The van der Waals surface area contributed by atoms with Crippen LogP contribution in [-0.2, 0) is 13.0 Å². The van der Waals surface area contributed by atoms with Crippen LogP contribution in [-0.4, -0.2) is 34.0 Å². The van der Waals surface area contributed by atoms with Gasteiger partial charge in [0, 0.05) is 36.8 Å². The Morgan fingerprint density at radius 1 is 1.33 bits per heavy atom. The summed E-state index contributed by atoms with van der Waals surface area (Å²) in [6.07, 6.45) is 2.26. The van der Waals surface area contributed by atoms with Gasteiger partial charge in [0.2, 0.25) is 5.95 Å². The van der Waals surface area contributed by atoms with Crippen molar-refractivity contribution in [2.75, 3.05) is 18.4 Å². The molecule has 0 amide bonds. The molecule has 1 N–H and O–H groups in total. The third kappa shape index (κ3) is 2.99. The molecular formula is C14H24N4. The molecule has 1 aromatic rings. The van der Waals surface area contributed by atoms with Gasteiger partial charge < -0.3 is 5.32 Å². The lowest BCUT2D eigenvalue weighted by atomic mass is 10.0. The first kappa shape index (κ1) is 13.3. The average molecular weight is 248 g/mol. The zero-order valence-corrected chi connectivity index (χ0v) is 12.0. The summed E-state index contributed by atoms with van der Waals surface area (Å²) >= 11 is 0. The van der Waals surface area contributed by atoms with E-state index in [-0.39, 0.29) is 0 Å². The van der Waals surface area contributed by atoms with E-state index in [1.165, 1.54) is 24.2 Å². The van der Waals surface area contributed by atoms with Crippen LogP contribution < -0.4 is 5.32 Å². The van der Waals surface area contributed by atoms with Crippen LogP contribution in [0.1, 0.15) is 44.1 Å². The standard InChI is InChI=1S/C14H24N4/c1-5-7-18-8-6-13-12(9-18)11(4)16-14(17-13)15-10(2)3/h10H,5-9H2,1-4H3,(H,15,16,17). The van der Waals surface area contributed by atoms with Gasteiger partial charge in [-0.2, -0.15) is 0 Å². The summed E-state index contributed by atoms with van der Waals surface area (Å²) in [7, 11) is 0. The van der Waals surface area contributed by atoms with Gasteiger partial charge in [-0.25, -0.2) is 9.97 Å². The third-order valence-electron chi connectivity index (χ3n) is 3.30. The first-order chi connectivity index (χ1) is 8.60. The SMILES string of the molecule is CCCN1CCc2nc(NC(C)C)nc(C)c2C1. The first-order valence-corrected chi connectivity index (χ1v) is 6.95. The molecule has 0 bridgehead atoms. The van der Waals surface area contributed by atoms with Crippen molar-refractivity contribution in [3.63, 3.8) is 0 Å². The Bertz CT molecular complexity index is 415. The van der Waals surface area contributed by atoms with Gasteiger partial charge in [-0.1, -0.05) is 6.92 Å². The molecule has 100 valence electrons. The smallest absolute Gasteiger partial charge is 0.223 e. The number of nitrogens with zero attached hydrogens (tertiary/aromatic N) is 3. The van der Waals surface area contributed by atoms with E-state index in [9.17, 15) is 0 Å². The fourth-order valence-electron chi connectivity index (χ4n) is 2.46. The van der Waals surface area contributed by atoms with Gasteiger partial charge in [0.05, 0.1) is 5.69 Å². The summed E-state index contributed by atoms with van der Waals surface area (Å²) in [6.45, 7) is 11.9. The van der Waals surface area contributed by atoms with Crippen LogP contribution in [0.15, 0.2) is 0 Å². The van der Waals surface area contributed by atoms with Crippen molar-refractivity contribution >= 4 is 5.95 Å². The van der Waals surface area contributed by atoms with Gasteiger partial charge in [-0.3, -0.25) is 4.90 Å². The van der Waals surface area contributed by atoms with Crippen LogP contribution in [0.4, 0.5) is 5.95 Å². The van der Waals surface area contributed by atoms with E-state index in [1.807, 2.05) is 0 Å². The Labute approximate surface area is 110 Å². The lowest BCUT2D eigenvalue weighted by molar-refractivity contribution is 0.251. The topological polar surface area (TPSA) is 41.1 Å². The molecule has 1 aliphatic heterocycles. The molecule has 0 aliphatic carbocycles. The van der Waals surface area contributed by atoms with Crippen molar-refractivity contribution in [3.8, 4) is 0 Å². The molecule has 0 aromatic carbocycles. The number of aromatic nitrogens is 2. The van der Waals surface area contributed by atoms with Crippen LogP contribution in [0.25, 0.3) is 0 Å². The van der Waals surface area contributed by atoms with E-state index < -0.39 is 0 Å². The number of aryl methyl sites for hydroxylation is 1. The number of anilines is 1. The van der Waals surface area contributed by atoms with Crippen molar-refractivity contribution in [2.24, 2.45) is 0 Å². The maximum Gasteiger partial charge on any atom is 0.223 e. The van der Waals surface area contributed by atoms with Crippen LogP contribution in [0.5, 0.6) is 0 Å². The summed E-state index contributed by atoms with van der Waals surface area (Å²) < 4.78 is 0. The first-order valence-electron chi connectivity index (χ1n) is 6.95. The van der Waals surface area contributed by atoms with Gasteiger partial charge in [0.15, 0.2) is 0 Å². The molecule has 0 saturated carbocycles. The van der Waals surface area contributed by atoms with Crippen LogP contribution >= 0.6 is 0 Å². The van der Waals surface area contributed by atoms with Crippen LogP contribution in [0, 0.1) is 6.92 Å². The monoisotopic (exact) mass is 248 g/mol. The van der Waals surface area contributed by atoms with E-state index >= 15 is 0 Å². The second-order valence-electron chi connectivity index (χ2n) is 5.38. The van der Waals surface area contributed by atoms with Gasteiger partial charge in [0.25, 0.3) is 0 Å². The van der Waals surface area contributed by atoms with Crippen LogP contribution in [0.3, 0.4) is 0 Å². The van der Waals surface area contributed by atoms with Gasteiger partial charge in [0.1, 0.15) is 0 Å². The summed E-state index contributed by atoms with van der Waals surface area (Å²) in [5.41, 5.74) is 3.70. The Morgan fingerprint density at radius 2 is 2.11 bits per heavy atom. The number of hydrogen-bond donors (Lipinski definition) is 1. The number of rotatable bonds is 4. The number of fused-ring (bicyclic) bond motifs is 1. The molecule has 18 heavy (non-hydrogen) atoms. The molecule has 4 heteroatoms. The largest absolute Gasteiger partial charge is 0.352 e. The van der Waals surface area contributed by atoms with E-state index in [4.69, 9.17) is 0 Å². The molecule has 2 rings (SSSR count). The van der Waals surface area contributed by atoms with Crippen molar-refractivity contribution in [1.82, 2.24) is 14.9 Å². The Kier molecular flexibility index (Phi) is 4.17. The average Bonchev–Trinajstić information content (AvgIpc) is 2.29. The quantitative estimate of drug-likeness (QED) is 0.888. The minimum atomic E-state index is 0.377. The van der Waals surface area contributed by atoms with Crippen molar-refractivity contribution in [3.05, 3.63) is 17.0 Å². The molecule has 0 saturated heterocycles. The molecule has 0 radical (unpaired) electrons. The minimum absolute atomic E-state index is 0.377. The summed E-state index contributed by atoms with van der Waals surface area (Å²) in [5, 5.41) is 3.30. The molecule has 0 fully saturated rings. The second kappa shape index (κ2) is 5.65. The maximum absolute atomic E-state index is 4.66. The van der Waals surface area contributed by atoms with Crippen molar-refractivity contribution in [2.45, 2.75) is 53.1 Å². The third-order valence-corrected chi connectivity index (χ3v) is 3.30. The molecule has 0 unspecified atom stereocenters. The molecular weight excluding hydrogens is 224 g/mol. The molecule has 0 spiro atoms. The van der Waals surface area contributed by atoms with Crippen molar-refractivity contribution in [1.29, 1.82) is 0 Å². The summed E-state index contributed by atoms with van der Waals surface area (Å²) in [5.74, 6) is 0.783. The van der Waals surface area contributed by atoms with E-state index in [0.717, 1.165) is 31.2 Å². The Hall–Kier alpha value is -1.16. The lowest BCUT2D eigenvalue weighted by Gasteiger charge is -2.28.